The van der Waals surface area contributed by atoms with E-state index in [1.165, 1.54) is 51.6 Å². The van der Waals surface area contributed by atoms with Crippen LogP contribution < -0.4 is 0 Å². The third-order valence-electron chi connectivity index (χ3n) is 4.83. The van der Waals surface area contributed by atoms with Gasteiger partial charge in [-0.2, -0.15) is 0 Å². The standard InChI is InChI=1S/C16H29NO/c1-13-10-14(2)15(16(18)11-13)12-17-8-6-4-3-5-7-9-17/h13-15H,3-12H2,1-2H3. The molecule has 0 aromatic carbocycles. The lowest BCUT2D eigenvalue weighted by molar-refractivity contribution is -0.128. The van der Waals surface area contributed by atoms with Crippen LogP contribution in [0.15, 0.2) is 0 Å². The fraction of sp³-hybridized carbons (Fsp3) is 0.938. The van der Waals surface area contributed by atoms with Crippen LogP contribution in [0.4, 0.5) is 0 Å². The van der Waals surface area contributed by atoms with Crippen molar-refractivity contribution in [3.8, 4) is 0 Å². The number of hydrogen-bond donors (Lipinski definition) is 0. The maximum Gasteiger partial charge on any atom is 0.137 e. The summed E-state index contributed by atoms with van der Waals surface area (Å²) < 4.78 is 0. The molecule has 1 heterocycles. The van der Waals surface area contributed by atoms with Gasteiger partial charge in [-0.25, -0.2) is 0 Å². The van der Waals surface area contributed by atoms with Gasteiger partial charge in [0.1, 0.15) is 5.78 Å². The van der Waals surface area contributed by atoms with E-state index in [4.69, 9.17) is 0 Å². The van der Waals surface area contributed by atoms with Crippen molar-refractivity contribution in [3.05, 3.63) is 0 Å². The van der Waals surface area contributed by atoms with Crippen molar-refractivity contribution in [3.63, 3.8) is 0 Å². The summed E-state index contributed by atoms with van der Waals surface area (Å²) in [6.07, 6.45) is 8.87. The summed E-state index contributed by atoms with van der Waals surface area (Å²) in [5, 5.41) is 0. The fourth-order valence-electron chi connectivity index (χ4n) is 3.75. The number of rotatable bonds is 2. The molecule has 0 aromatic heterocycles. The van der Waals surface area contributed by atoms with Crippen molar-refractivity contribution < 1.29 is 4.79 Å². The minimum Gasteiger partial charge on any atom is -0.303 e. The molecule has 2 aliphatic rings. The molecular formula is C16H29NO. The van der Waals surface area contributed by atoms with E-state index in [-0.39, 0.29) is 0 Å². The highest BCUT2D eigenvalue weighted by molar-refractivity contribution is 5.82. The first-order chi connectivity index (χ1) is 8.66. The van der Waals surface area contributed by atoms with Gasteiger partial charge in [-0.3, -0.25) is 4.79 Å². The van der Waals surface area contributed by atoms with Crippen LogP contribution in [0.3, 0.4) is 0 Å². The molecule has 0 amide bonds. The Bertz CT molecular complexity index is 268. The summed E-state index contributed by atoms with van der Waals surface area (Å²) >= 11 is 0. The summed E-state index contributed by atoms with van der Waals surface area (Å²) in [5.41, 5.74) is 0. The lowest BCUT2D eigenvalue weighted by atomic mass is 9.74. The van der Waals surface area contributed by atoms with Crippen LogP contribution in [0.5, 0.6) is 0 Å². The van der Waals surface area contributed by atoms with Gasteiger partial charge < -0.3 is 4.90 Å². The molecule has 2 heteroatoms. The third-order valence-corrected chi connectivity index (χ3v) is 4.83. The SMILES string of the molecule is CC1CC(=O)C(CN2CCCCCCC2)C(C)C1. The van der Waals surface area contributed by atoms with E-state index in [1.807, 2.05) is 0 Å². The van der Waals surface area contributed by atoms with Crippen molar-refractivity contribution in [2.24, 2.45) is 17.8 Å². The highest BCUT2D eigenvalue weighted by atomic mass is 16.1. The molecule has 104 valence electrons. The van der Waals surface area contributed by atoms with E-state index >= 15 is 0 Å². The van der Waals surface area contributed by atoms with Crippen LogP contribution in [0.2, 0.25) is 0 Å². The third kappa shape index (κ3) is 3.81. The number of likely N-dealkylation sites (tertiary alicyclic amines) is 1. The maximum atomic E-state index is 12.2. The van der Waals surface area contributed by atoms with Crippen molar-refractivity contribution in [2.75, 3.05) is 19.6 Å². The average molecular weight is 251 g/mol. The number of hydrogen-bond acceptors (Lipinski definition) is 2. The zero-order valence-electron chi connectivity index (χ0n) is 12.2. The van der Waals surface area contributed by atoms with Gasteiger partial charge in [-0.15, -0.1) is 0 Å². The van der Waals surface area contributed by atoms with E-state index in [0.717, 1.165) is 13.0 Å². The number of carbonyl (C=O) groups is 1. The molecule has 1 aliphatic heterocycles. The molecule has 2 nitrogen and oxygen atoms in total. The highest BCUT2D eigenvalue weighted by Crippen LogP contribution is 2.31. The summed E-state index contributed by atoms with van der Waals surface area (Å²) in [4.78, 5) is 14.8. The fourth-order valence-corrected chi connectivity index (χ4v) is 3.75. The average Bonchev–Trinajstić information content (AvgIpc) is 2.25. The van der Waals surface area contributed by atoms with Gasteiger partial charge in [0.05, 0.1) is 0 Å². The molecule has 2 rings (SSSR count). The largest absolute Gasteiger partial charge is 0.303 e. The second kappa shape index (κ2) is 6.70. The van der Waals surface area contributed by atoms with E-state index < -0.39 is 0 Å². The Morgan fingerprint density at radius 2 is 1.67 bits per heavy atom. The first-order valence-electron chi connectivity index (χ1n) is 7.92. The molecule has 0 bridgehead atoms. The smallest absolute Gasteiger partial charge is 0.137 e. The van der Waals surface area contributed by atoms with Crippen LogP contribution in [0.25, 0.3) is 0 Å². The molecule has 0 spiro atoms. The number of Topliss-reactive ketones (excluding diaryl/α,β-unsaturated/α-hetero) is 1. The first-order valence-corrected chi connectivity index (χ1v) is 7.92. The maximum absolute atomic E-state index is 12.2. The molecule has 0 N–H and O–H groups in total. The normalized spacial score (nSPS) is 36.1. The minimum atomic E-state index is 0.320. The van der Waals surface area contributed by atoms with Crippen molar-refractivity contribution in [1.29, 1.82) is 0 Å². The highest BCUT2D eigenvalue weighted by Gasteiger charge is 2.33. The molecule has 1 saturated heterocycles. The Morgan fingerprint density at radius 3 is 2.28 bits per heavy atom. The topological polar surface area (TPSA) is 20.3 Å². The Hall–Kier alpha value is -0.370. The number of ketones is 1. The minimum absolute atomic E-state index is 0.320. The molecule has 18 heavy (non-hydrogen) atoms. The van der Waals surface area contributed by atoms with Crippen LogP contribution in [0.1, 0.15) is 58.8 Å². The zero-order chi connectivity index (χ0) is 13.0. The second-order valence-electron chi connectivity index (χ2n) is 6.66. The van der Waals surface area contributed by atoms with Crippen LogP contribution in [-0.2, 0) is 4.79 Å². The van der Waals surface area contributed by atoms with E-state index in [9.17, 15) is 4.79 Å². The lowest BCUT2D eigenvalue weighted by Crippen LogP contribution is -2.41. The Morgan fingerprint density at radius 1 is 1.06 bits per heavy atom. The van der Waals surface area contributed by atoms with E-state index in [1.54, 1.807) is 0 Å². The quantitative estimate of drug-likeness (QED) is 0.748. The lowest BCUT2D eigenvalue weighted by Gasteiger charge is -2.35. The van der Waals surface area contributed by atoms with Crippen molar-refractivity contribution >= 4 is 5.78 Å². The van der Waals surface area contributed by atoms with Gasteiger partial charge in [-0.05, 0) is 44.2 Å². The molecule has 0 radical (unpaired) electrons. The van der Waals surface area contributed by atoms with Gasteiger partial charge in [0, 0.05) is 18.9 Å². The van der Waals surface area contributed by atoms with Crippen LogP contribution >= 0.6 is 0 Å². The Labute approximate surface area is 112 Å². The van der Waals surface area contributed by atoms with Crippen LogP contribution in [-0.4, -0.2) is 30.3 Å². The van der Waals surface area contributed by atoms with Gasteiger partial charge in [0.15, 0.2) is 0 Å². The Kier molecular flexibility index (Phi) is 5.23. The molecule has 1 saturated carbocycles. The molecular weight excluding hydrogens is 222 g/mol. The van der Waals surface area contributed by atoms with Crippen LogP contribution in [0, 0.1) is 17.8 Å². The second-order valence-corrected chi connectivity index (χ2v) is 6.66. The molecule has 1 aliphatic carbocycles. The summed E-state index contributed by atoms with van der Waals surface area (Å²) in [6, 6.07) is 0. The zero-order valence-corrected chi connectivity index (χ0v) is 12.2. The first kappa shape index (κ1) is 14.0. The molecule has 3 atom stereocenters. The summed E-state index contributed by atoms with van der Waals surface area (Å²) in [6.45, 7) is 7.97. The van der Waals surface area contributed by atoms with E-state index in [0.29, 0.717) is 23.5 Å². The molecule has 3 unspecified atom stereocenters. The molecule has 0 aromatic rings. The van der Waals surface area contributed by atoms with Crippen molar-refractivity contribution in [1.82, 2.24) is 4.90 Å². The number of carbonyl (C=O) groups excluding carboxylic acids is 1. The van der Waals surface area contributed by atoms with Crippen molar-refractivity contribution in [2.45, 2.75) is 58.8 Å². The van der Waals surface area contributed by atoms with Gasteiger partial charge in [-0.1, -0.05) is 33.1 Å². The van der Waals surface area contributed by atoms with Gasteiger partial charge in [0.25, 0.3) is 0 Å². The van der Waals surface area contributed by atoms with E-state index in [2.05, 4.69) is 18.7 Å². The Balaban J connectivity index is 1.88. The summed E-state index contributed by atoms with van der Waals surface area (Å²) in [5.74, 6) is 2.05. The van der Waals surface area contributed by atoms with Gasteiger partial charge >= 0.3 is 0 Å². The predicted octanol–water partition coefficient (Wildman–Crippen LogP) is 3.50. The number of nitrogens with zero attached hydrogens (tertiary/aromatic N) is 1. The monoisotopic (exact) mass is 251 g/mol. The summed E-state index contributed by atoms with van der Waals surface area (Å²) in [7, 11) is 0. The predicted molar refractivity (Wildman–Crippen MR) is 75.6 cm³/mol. The molecule has 2 fully saturated rings. The van der Waals surface area contributed by atoms with Gasteiger partial charge in [0.2, 0.25) is 0 Å².